The van der Waals surface area contributed by atoms with Gasteiger partial charge in [0.15, 0.2) is 18.2 Å². The number of aliphatic carboxylic acids is 1. The van der Waals surface area contributed by atoms with Crippen molar-refractivity contribution in [3.05, 3.63) is 35.9 Å². The average Bonchev–Trinajstić information content (AvgIpc) is 3.21. The number of aliphatic hydroxyl groups is 3. The van der Waals surface area contributed by atoms with Crippen LogP contribution in [-0.4, -0.2) is 161 Å². The Kier molecular flexibility index (Phi) is 19.7. The molecule has 2 aliphatic heterocycles. The zero-order chi connectivity index (χ0) is 45.2. The minimum atomic E-state index is -1.89. The Balaban J connectivity index is 1.82. The third-order valence-corrected chi connectivity index (χ3v) is 9.61. The van der Waals surface area contributed by atoms with Gasteiger partial charge in [-0.1, -0.05) is 30.3 Å². The second kappa shape index (κ2) is 24.3. The minimum Gasteiger partial charge on any atom is -0.481 e. The van der Waals surface area contributed by atoms with E-state index in [2.05, 4.69) is 42.2 Å². The van der Waals surface area contributed by atoms with Crippen LogP contribution in [0.5, 0.6) is 0 Å². The number of carbonyl (C=O) groups excluding carboxylic acids is 7. The number of alkyl halides is 1. The highest BCUT2D eigenvalue weighted by Crippen LogP contribution is 2.21. The number of nitrogens with zero attached hydrogens (tertiary/aromatic N) is 1. The maximum Gasteiger partial charge on any atom is 0.305 e. The molecule has 2 heterocycles. The molecule has 15 N–H and O–H groups in total. The van der Waals surface area contributed by atoms with E-state index < -0.39 is 128 Å². The van der Waals surface area contributed by atoms with Crippen molar-refractivity contribution in [3.8, 4) is 0 Å². The Bertz CT molecular complexity index is 1740. The molecule has 2 aliphatic rings. The van der Waals surface area contributed by atoms with Gasteiger partial charge in [0.05, 0.1) is 13.0 Å². The predicted octanol–water partition coefficient (Wildman–Crippen LogP) is -5.56. The molecular weight excluding hydrogens is 811 g/mol. The van der Waals surface area contributed by atoms with Crippen molar-refractivity contribution in [2.75, 3.05) is 26.2 Å². The molecule has 0 spiro atoms. The zero-order valence-electron chi connectivity index (χ0n) is 33.4. The highest BCUT2D eigenvalue weighted by atomic mass is 19.1. The Labute approximate surface area is 349 Å². The monoisotopic (exact) mass is 866 g/mol. The average molecular weight is 867 g/mol. The molecule has 7 amide bonds. The number of nitrogens with one attached hydrogen (secondary N) is 7. The summed E-state index contributed by atoms with van der Waals surface area (Å²) in [4.78, 5) is 108. The van der Waals surface area contributed by atoms with Gasteiger partial charge in [0.1, 0.15) is 48.6 Å². The number of carboxylic acid groups (broad SMARTS) is 1. The summed E-state index contributed by atoms with van der Waals surface area (Å²) < 4.78 is 18.8. The Morgan fingerprint density at radius 3 is 2.07 bits per heavy atom. The fraction of sp³-hybridized carbons (Fsp3) is 0.595. The SMILES string of the molecule is CC(F)C(=O)NCC1OC(C(=O)NCCCC[C@H]2NC(=O)[C@H](Cc3ccccc3)NC(=O)[C@H](CC(=O)O)NC(=O)CNC(=O)[C@H](CCCN=C(N)N)NC2=O)C(O)C(O)C1O. The van der Waals surface area contributed by atoms with E-state index in [1.165, 1.54) is 0 Å². The molecule has 6 unspecified atom stereocenters. The number of hydrogen-bond acceptors (Lipinski definition) is 13. The Morgan fingerprint density at radius 2 is 1.43 bits per heavy atom. The number of halogens is 1. The Hall–Kier alpha value is -5.98. The first-order chi connectivity index (χ1) is 28.9. The normalized spacial score (nSPS) is 27.0. The highest BCUT2D eigenvalue weighted by molar-refractivity contribution is 5.98. The number of carbonyl (C=O) groups is 8. The molecule has 2 saturated heterocycles. The number of nitrogens with two attached hydrogens (primary N) is 2. The molecule has 24 heteroatoms. The molecule has 0 aromatic heterocycles. The first-order valence-corrected chi connectivity index (χ1v) is 19.6. The second-order valence-corrected chi connectivity index (χ2v) is 14.5. The number of aliphatic hydroxyl groups excluding tert-OH is 3. The molecule has 0 saturated carbocycles. The van der Waals surface area contributed by atoms with Gasteiger partial charge in [-0.3, -0.25) is 43.3 Å². The highest BCUT2D eigenvalue weighted by Gasteiger charge is 2.46. The fourth-order valence-corrected chi connectivity index (χ4v) is 6.30. The van der Waals surface area contributed by atoms with E-state index in [1.807, 2.05) is 0 Å². The lowest BCUT2D eigenvalue weighted by Crippen LogP contribution is -2.63. The molecule has 338 valence electrons. The van der Waals surface area contributed by atoms with Gasteiger partial charge in [-0.2, -0.15) is 0 Å². The van der Waals surface area contributed by atoms with Crippen molar-refractivity contribution in [2.45, 2.75) is 113 Å². The number of benzene rings is 1. The standard InChI is InChI=1S/C37H55FN10O13/c1-18(38)31(55)43-16-24-27(52)28(53)29(54)30(61-24)36(60)41-12-6-5-10-21-33(57)46-20(11-7-13-42-37(39)40)32(56)44-17-25(49)45-23(15-26(50)51)35(59)48-22(34(58)47-21)14-19-8-3-2-4-9-19/h2-4,8-9,18,20-24,27-30,52-54H,5-7,10-17H2,1H3,(H,41,60)(H,43,55)(H,44,56)(H,45,49)(H,46,57)(H,47,58)(H,48,59)(H,50,51)(H4,39,40,42)/t18?,20-,21+,22-,23-,24?,27?,28?,29?,30?/m0/s1. The molecule has 23 nitrogen and oxygen atoms in total. The summed E-state index contributed by atoms with van der Waals surface area (Å²) in [6.07, 6.45) is -11.1. The summed E-state index contributed by atoms with van der Waals surface area (Å²) in [5.41, 5.74) is 11.4. The second-order valence-electron chi connectivity index (χ2n) is 14.5. The summed E-state index contributed by atoms with van der Waals surface area (Å²) in [6.45, 7) is -0.239. The lowest BCUT2D eigenvalue weighted by atomic mass is 9.94. The molecular formula is C37H55FN10O13. The van der Waals surface area contributed by atoms with Crippen LogP contribution < -0.4 is 48.7 Å². The van der Waals surface area contributed by atoms with Gasteiger partial charge in [0, 0.05) is 26.1 Å². The van der Waals surface area contributed by atoms with Gasteiger partial charge in [-0.05, 0) is 44.6 Å². The topological polar surface area (TPSA) is 375 Å². The summed E-state index contributed by atoms with van der Waals surface area (Å²) >= 11 is 0. The van der Waals surface area contributed by atoms with E-state index in [0.29, 0.717) is 5.56 Å². The number of carboxylic acids is 1. The summed E-state index contributed by atoms with van der Waals surface area (Å²) in [7, 11) is 0. The van der Waals surface area contributed by atoms with Crippen molar-refractivity contribution in [1.82, 2.24) is 37.2 Å². The maximum absolute atomic E-state index is 13.9. The van der Waals surface area contributed by atoms with Crippen LogP contribution in [0, 0.1) is 0 Å². The lowest BCUT2D eigenvalue weighted by molar-refractivity contribution is -0.219. The first-order valence-electron chi connectivity index (χ1n) is 19.6. The number of rotatable bonds is 17. The zero-order valence-corrected chi connectivity index (χ0v) is 33.4. The molecule has 1 aromatic carbocycles. The quantitative estimate of drug-likeness (QED) is 0.0395. The third kappa shape index (κ3) is 16.2. The van der Waals surface area contributed by atoms with Gasteiger partial charge in [-0.15, -0.1) is 0 Å². The predicted molar refractivity (Wildman–Crippen MR) is 210 cm³/mol. The maximum atomic E-state index is 13.9. The van der Waals surface area contributed by atoms with E-state index in [0.717, 1.165) is 6.92 Å². The largest absolute Gasteiger partial charge is 0.481 e. The van der Waals surface area contributed by atoms with Crippen molar-refractivity contribution in [3.63, 3.8) is 0 Å². The van der Waals surface area contributed by atoms with Crippen LogP contribution >= 0.6 is 0 Å². The van der Waals surface area contributed by atoms with Crippen LogP contribution in [0.3, 0.4) is 0 Å². The van der Waals surface area contributed by atoms with E-state index >= 15 is 0 Å². The van der Waals surface area contributed by atoms with Crippen molar-refractivity contribution < 1.29 is 67.9 Å². The van der Waals surface area contributed by atoms with Gasteiger partial charge < -0.3 is 73.8 Å². The molecule has 0 aliphatic carbocycles. The number of ether oxygens (including phenoxy) is 1. The van der Waals surface area contributed by atoms with Gasteiger partial charge in [-0.25, -0.2) is 4.39 Å². The third-order valence-electron chi connectivity index (χ3n) is 9.61. The molecule has 2 fully saturated rings. The Morgan fingerprint density at radius 1 is 0.820 bits per heavy atom. The summed E-state index contributed by atoms with van der Waals surface area (Å²) in [6, 6.07) is 2.70. The van der Waals surface area contributed by atoms with Crippen LogP contribution in [0.2, 0.25) is 0 Å². The molecule has 1 aromatic rings. The molecule has 3 rings (SSSR count). The number of amides is 7. The van der Waals surface area contributed by atoms with Crippen LogP contribution in [0.25, 0.3) is 0 Å². The molecule has 10 atom stereocenters. The van der Waals surface area contributed by atoms with Crippen LogP contribution in [0.4, 0.5) is 4.39 Å². The van der Waals surface area contributed by atoms with E-state index in [4.69, 9.17) is 16.2 Å². The van der Waals surface area contributed by atoms with Crippen LogP contribution in [0.1, 0.15) is 51.0 Å². The number of aliphatic imine (C=N–C) groups is 1. The van der Waals surface area contributed by atoms with Crippen LogP contribution in [0.15, 0.2) is 35.3 Å². The molecule has 61 heavy (non-hydrogen) atoms. The number of unbranched alkanes of at least 4 members (excludes halogenated alkanes) is 1. The minimum absolute atomic E-state index is 0.0377. The summed E-state index contributed by atoms with van der Waals surface area (Å²) in [5, 5.41) is 57.5. The van der Waals surface area contributed by atoms with E-state index in [9.17, 15) is 63.2 Å². The molecule has 0 radical (unpaired) electrons. The lowest BCUT2D eigenvalue weighted by Gasteiger charge is -2.40. The van der Waals surface area contributed by atoms with Crippen LogP contribution in [-0.2, 0) is 49.5 Å². The first kappa shape index (κ1) is 49.4. The van der Waals surface area contributed by atoms with Gasteiger partial charge >= 0.3 is 5.97 Å². The van der Waals surface area contributed by atoms with Crippen molar-refractivity contribution in [2.24, 2.45) is 16.5 Å². The smallest absolute Gasteiger partial charge is 0.305 e. The van der Waals surface area contributed by atoms with Crippen molar-refractivity contribution >= 4 is 53.3 Å². The fourth-order valence-electron chi connectivity index (χ4n) is 6.30. The van der Waals surface area contributed by atoms with E-state index in [-0.39, 0.29) is 57.6 Å². The number of guanidine groups is 1. The summed E-state index contributed by atoms with van der Waals surface area (Å²) in [5.74, 6) is -8.09. The van der Waals surface area contributed by atoms with Gasteiger partial charge in [0.25, 0.3) is 11.8 Å². The van der Waals surface area contributed by atoms with Crippen molar-refractivity contribution in [1.29, 1.82) is 0 Å². The van der Waals surface area contributed by atoms with E-state index in [1.54, 1.807) is 30.3 Å². The van der Waals surface area contributed by atoms with Gasteiger partial charge in [0.2, 0.25) is 29.5 Å². The number of hydrogen-bond donors (Lipinski definition) is 13. The molecule has 0 bridgehead atoms.